The van der Waals surface area contributed by atoms with E-state index in [9.17, 15) is 9.59 Å². The maximum atomic E-state index is 12.0. The molecule has 8 heteroatoms. The predicted octanol–water partition coefficient (Wildman–Crippen LogP) is 3.00. The molecule has 7 nitrogen and oxygen atoms in total. The number of anilines is 1. The Hall–Kier alpha value is -3.00. The molecule has 2 aromatic carbocycles. The van der Waals surface area contributed by atoms with Crippen LogP contribution in [0.3, 0.4) is 0 Å². The molecule has 0 aliphatic carbocycles. The average molecular weight is 357 g/mol. The number of ether oxygens (including phenoxy) is 1. The van der Waals surface area contributed by atoms with Gasteiger partial charge in [-0.3, -0.25) is 4.79 Å². The normalized spacial score (nSPS) is 10.6. The molecule has 1 amide bonds. The van der Waals surface area contributed by atoms with Crippen LogP contribution in [0.2, 0.25) is 0 Å². The van der Waals surface area contributed by atoms with Gasteiger partial charge in [-0.15, -0.1) is 0 Å². The van der Waals surface area contributed by atoms with E-state index < -0.39 is 5.97 Å². The lowest BCUT2D eigenvalue weighted by Crippen LogP contribution is -2.14. The number of carboxylic acid groups (broad SMARTS) is 1. The lowest BCUT2D eigenvalue weighted by Gasteiger charge is -2.04. The van der Waals surface area contributed by atoms with Crippen molar-refractivity contribution in [1.29, 1.82) is 0 Å². The Morgan fingerprint density at radius 1 is 1.24 bits per heavy atom. The molecular weight excluding hydrogens is 342 g/mol. The number of hydrogen-bond donors (Lipinski definition) is 3. The van der Waals surface area contributed by atoms with Crippen LogP contribution in [0.1, 0.15) is 10.4 Å². The molecule has 0 aliphatic heterocycles. The van der Waals surface area contributed by atoms with Gasteiger partial charge in [-0.25, -0.2) is 9.78 Å². The van der Waals surface area contributed by atoms with Crippen molar-refractivity contribution in [3.63, 3.8) is 0 Å². The summed E-state index contributed by atoms with van der Waals surface area (Å²) in [5, 5.41) is 12.2. The third-order valence-electron chi connectivity index (χ3n) is 3.42. The third kappa shape index (κ3) is 4.10. The number of methoxy groups -OCH3 is 1. The van der Waals surface area contributed by atoms with Crippen LogP contribution in [0.25, 0.3) is 11.0 Å². The van der Waals surface area contributed by atoms with Gasteiger partial charge in [0.2, 0.25) is 5.91 Å². The molecule has 0 fully saturated rings. The number of imidazole rings is 1. The molecule has 0 bridgehead atoms. The van der Waals surface area contributed by atoms with Crippen LogP contribution >= 0.6 is 11.8 Å². The zero-order valence-electron chi connectivity index (χ0n) is 13.3. The summed E-state index contributed by atoms with van der Waals surface area (Å²) in [7, 11) is 1.60. The fourth-order valence-electron chi connectivity index (χ4n) is 2.19. The maximum Gasteiger partial charge on any atom is 0.335 e. The first-order chi connectivity index (χ1) is 12.0. The summed E-state index contributed by atoms with van der Waals surface area (Å²) in [5.41, 5.74) is 2.36. The number of rotatable bonds is 6. The Bertz CT molecular complexity index is 921. The van der Waals surface area contributed by atoms with Crippen LogP contribution in [-0.4, -0.2) is 39.8 Å². The minimum atomic E-state index is -1.00. The molecule has 0 atom stereocenters. The summed E-state index contributed by atoms with van der Waals surface area (Å²) in [5.74, 6) is -0.297. The number of amides is 1. The number of thioether (sulfide) groups is 1. The molecule has 128 valence electrons. The number of aromatic carboxylic acids is 1. The average Bonchev–Trinajstić information content (AvgIpc) is 3.02. The SMILES string of the molecule is COc1ccc2nc(SCC(=O)Nc3ccc(C(=O)O)cc3)[nH]c2c1. The number of nitrogens with zero attached hydrogens (tertiary/aromatic N) is 1. The van der Waals surface area contributed by atoms with E-state index in [0.29, 0.717) is 10.8 Å². The lowest BCUT2D eigenvalue weighted by atomic mass is 10.2. The van der Waals surface area contributed by atoms with Crippen LogP contribution < -0.4 is 10.1 Å². The first kappa shape index (κ1) is 16.8. The van der Waals surface area contributed by atoms with Gasteiger partial charge >= 0.3 is 5.97 Å². The highest BCUT2D eigenvalue weighted by molar-refractivity contribution is 7.99. The largest absolute Gasteiger partial charge is 0.497 e. The van der Waals surface area contributed by atoms with Crippen molar-refractivity contribution in [3.8, 4) is 5.75 Å². The summed E-state index contributed by atoms with van der Waals surface area (Å²) in [6.45, 7) is 0. The second-order valence-corrected chi connectivity index (χ2v) is 6.11. The Labute approximate surface area is 147 Å². The fourth-order valence-corrected chi connectivity index (χ4v) is 2.87. The molecule has 0 saturated carbocycles. The predicted molar refractivity (Wildman–Crippen MR) is 95.4 cm³/mol. The van der Waals surface area contributed by atoms with Gasteiger partial charge in [0, 0.05) is 11.8 Å². The van der Waals surface area contributed by atoms with Crippen molar-refractivity contribution in [2.24, 2.45) is 0 Å². The van der Waals surface area contributed by atoms with Crippen molar-refractivity contribution in [2.45, 2.75) is 5.16 Å². The van der Waals surface area contributed by atoms with E-state index in [2.05, 4.69) is 15.3 Å². The zero-order valence-corrected chi connectivity index (χ0v) is 14.1. The number of carboxylic acids is 1. The first-order valence-corrected chi connectivity index (χ1v) is 8.33. The topological polar surface area (TPSA) is 104 Å². The van der Waals surface area contributed by atoms with Crippen molar-refractivity contribution < 1.29 is 19.4 Å². The second-order valence-electron chi connectivity index (χ2n) is 5.14. The molecule has 3 aromatic rings. The minimum Gasteiger partial charge on any atom is -0.497 e. The van der Waals surface area contributed by atoms with E-state index in [1.165, 1.54) is 23.9 Å². The minimum absolute atomic E-state index is 0.171. The van der Waals surface area contributed by atoms with Gasteiger partial charge in [-0.1, -0.05) is 11.8 Å². The number of aromatic amines is 1. The van der Waals surface area contributed by atoms with Crippen LogP contribution in [-0.2, 0) is 4.79 Å². The summed E-state index contributed by atoms with van der Waals surface area (Å²) in [4.78, 5) is 30.4. The maximum absolute atomic E-state index is 12.0. The summed E-state index contributed by atoms with van der Waals surface area (Å²) in [6, 6.07) is 11.5. The number of carbonyl (C=O) groups is 2. The Morgan fingerprint density at radius 2 is 2.00 bits per heavy atom. The standard InChI is InChI=1S/C17H15N3O4S/c1-24-12-6-7-13-14(8-12)20-17(19-13)25-9-15(21)18-11-4-2-10(3-5-11)16(22)23/h2-8H,9H2,1H3,(H,18,21)(H,19,20)(H,22,23). The number of benzene rings is 2. The molecule has 3 N–H and O–H groups in total. The number of hydrogen-bond acceptors (Lipinski definition) is 5. The first-order valence-electron chi connectivity index (χ1n) is 7.35. The van der Waals surface area contributed by atoms with Gasteiger partial charge in [0.25, 0.3) is 0 Å². The van der Waals surface area contributed by atoms with E-state index in [0.717, 1.165) is 16.8 Å². The van der Waals surface area contributed by atoms with Crippen LogP contribution in [0.15, 0.2) is 47.6 Å². The van der Waals surface area contributed by atoms with Crippen LogP contribution in [0.5, 0.6) is 5.75 Å². The fraction of sp³-hybridized carbons (Fsp3) is 0.118. The number of fused-ring (bicyclic) bond motifs is 1. The van der Waals surface area contributed by atoms with Crippen LogP contribution in [0, 0.1) is 0 Å². The molecule has 0 saturated heterocycles. The highest BCUT2D eigenvalue weighted by Gasteiger charge is 2.09. The Balaban J connectivity index is 1.59. The molecule has 0 spiro atoms. The Kier molecular flexibility index (Phi) is 4.90. The molecule has 25 heavy (non-hydrogen) atoms. The number of H-pyrrole nitrogens is 1. The van der Waals surface area contributed by atoms with E-state index in [4.69, 9.17) is 9.84 Å². The highest BCUT2D eigenvalue weighted by Crippen LogP contribution is 2.23. The highest BCUT2D eigenvalue weighted by atomic mass is 32.2. The molecule has 3 rings (SSSR count). The van der Waals surface area contributed by atoms with Gasteiger partial charge in [0.05, 0.1) is 29.5 Å². The van der Waals surface area contributed by atoms with Gasteiger partial charge < -0.3 is 20.1 Å². The van der Waals surface area contributed by atoms with Crippen molar-refractivity contribution in [2.75, 3.05) is 18.2 Å². The van der Waals surface area contributed by atoms with Gasteiger partial charge in [-0.2, -0.15) is 0 Å². The van der Waals surface area contributed by atoms with Crippen molar-refractivity contribution in [3.05, 3.63) is 48.0 Å². The van der Waals surface area contributed by atoms with E-state index >= 15 is 0 Å². The monoisotopic (exact) mass is 357 g/mol. The molecule has 0 aliphatic rings. The molecule has 1 heterocycles. The third-order valence-corrected chi connectivity index (χ3v) is 4.30. The summed E-state index contributed by atoms with van der Waals surface area (Å²) >= 11 is 1.28. The van der Waals surface area contributed by atoms with Gasteiger partial charge in [0.15, 0.2) is 5.16 Å². The van der Waals surface area contributed by atoms with E-state index in [1.807, 2.05) is 18.2 Å². The lowest BCUT2D eigenvalue weighted by molar-refractivity contribution is -0.113. The molecule has 1 aromatic heterocycles. The van der Waals surface area contributed by atoms with Crippen molar-refractivity contribution in [1.82, 2.24) is 9.97 Å². The summed E-state index contributed by atoms with van der Waals surface area (Å²) < 4.78 is 5.16. The van der Waals surface area contributed by atoms with Crippen molar-refractivity contribution >= 4 is 40.4 Å². The number of nitrogens with one attached hydrogen (secondary N) is 2. The van der Waals surface area contributed by atoms with Gasteiger partial charge in [0.1, 0.15) is 5.75 Å². The molecule has 0 radical (unpaired) electrons. The molecule has 0 unspecified atom stereocenters. The number of carbonyl (C=O) groups excluding carboxylic acids is 1. The van der Waals surface area contributed by atoms with Crippen LogP contribution in [0.4, 0.5) is 5.69 Å². The molecular formula is C17H15N3O4S. The van der Waals surface area contributed by atoms with E-state index in [1.54, 1.807) is 19.2 Å². The Morgan fingerprint density at radius 3 is 2.68 bits per heavy atom. The number of aromatic nitrogens is 2. The summed E-state index contributed by atoms with van der Waals surface area (Å²) in [6.07, 6.45) is 0. The zero-order chi connectivity index (χ0) is 17.8. The second kappa shape index (κ2) is 7.27. The quantitative estimate of drug-likeness (QED) is 0.586. The van der Waals surface area contributed by atoms with E-state index in [-0.39, 0.29) is 17.2 Å². The van der Waals surface area contributed by atoms with Gasteiger partial charge in [-0.05, 0) is 36.4 Å². The smallest absolute Gasteiger partial charge is 0.335 e.